The summed E-state index contributed by atoms with van der Waals surface area (Å²) >= 11 is 0. The van der Waals surface area contributed by atoms with Crippen molar-refractivity contribution >= 4 is 22.4 Å². The van der Waals surface area contributed by atoms with E-state index in [0.29, 0.717) is 16.6 Å². The van der Waals surface area contributed by atoms with Gasteiger partial charge in [0, 0.05) is 31.0 Å². The molecule has 1 N–H and O–H groups in total. The molecule has 0 aromatic carbocycles. The zero-order valence-electron chi connectivity index (χ0n) is 14.3. The predicted molar refractivity (Wildman–Crippen MR) is 94.8 cm³/mol. The van der Waals surface area contributed by atoms with E-state index in [0.717, 1.165) is 29.7 Å². The monoisotopic (exact) mass is 325 g/mol. The first-order valence-corrected chi connectivity index (χ1v) is 8.78. The molecule has 4 rings (SSSR count). The Kier molecular flexibility index (Phi) is 3.48. The number of hydrogen-bond donors (Lipinski definition) is 1. The molecular weight excluding hydrogens is 302 g/mol. The van der Waals surface area contributed by atoms with Crippen LogP contribution >= 0.6 is 0 Å². The number of anilines is 1. The highest BCUT2D eigenvalue weighted by Crippen LogP contribution is 2.49. The van der Waals surface area contributed by atoms with Crippen LogP contribution in [0.5, 0.6) is 0 Å². The average Bonchev–Trinajstić information content (AvgIpc) is 2.54. The van der Waals surface area contributed by atoms with Crippen molar-refractivity contribution in [2.75, 3.05) is 18.0 Å². The minimum absolute atomic E-state index is 0.0567. The number of nitrogens with one attached hydrogen (secondary N) is 1. The summed E-state index contributed by atoms with van der Waals surface area (Å²) in [5, 5.41) is 0.928. The van der Waals surface area contributed by atoms with Gasteiger partial charge in [-0.05, 0) is 44.1 Å². The van der Waals surface area contributed by atoms with E-state index in [1.54, 1.807) is 6.20 Å². The van der Waals surface area contributed by atoms with Crippen LogP contribution in [0.2, 0.25) is 0 Å². The maximum absolute atomic E-state index is 12.3. The van der Waals surface area contributed by atoms with Gasteiger partial charge in [-0.3, -0.25) is 14.6 Å². The van der Waals surface area contributed by atoms with Crippen molar-refractivity contribution in [2.45, 2.75) is 46.0 Å². The van der Waals surface area contributed by atoms with Crippen molar-refractivity contribution < 1.29 is 4.79 Å². The minimum Gasteiger partial charge on any atom is -0.371 e. The lowest BCUT2D eigenvalue weighted by molar-refractivity contribution is 0.0955. The first kappa shape index (κ1) is 15.4. The lowest BCUT2D eigenvalue weighted by Gasteiger charge is -2.48. The number of piperidine rings is 1. The Labute approximate surface area is 141 Å². The Morgan fingerprint density at radius 2 is 1.96 bits per heavy atom. The number of carbonyl (C=O) groups excluding carboxylic acids is 1. The van der Waals surface area contributed by atoms with Crippen LogP contribution in [0.15, 0.2) is 17.1 Å². The largest absolute Gasteiger partial charge is 0.371 e. The number of rotatable bonds is 2. The second-order valence-corrected chi connectivity index (χ2v) is 7.44. The number of aromatic nitrogens is 2. The van der Waals surface area contributed by atoms with Gasteiger partial charge in [0.2, 0.25) is 0 Å². The van der Waals surface area contributed by atoms with Crippen LogP contribution < -0.4 is 10.5 Å². The zero-order chi connectivity index (χ0) is 16.9. The molecule has 0 amide bonds. The molecule has 0 atom stereocenters. The smallest absolute Gasteiger partial charge is 0.253 e. The van der Waals surface area contributed by atoms with Gasteiger partial charge in [0.25, 0.3) is 5.56 Å². The standard InChI is InChI=1S/C19H23N3O2/c1-12-17(22-8-6-19(7-9-22)4-3-5-19)14-10-15(13(2)23)20-11-16(14)21-18(12)24/h10-11H,3-9H2,1-2H3,(H,21,24). The van der Waals surface area contributed by atoms with Gasteiger partial charge in [0.05, 0.1) is 17.4 Å². The van der Waals surface area contributed by atoms with Crippen LogP contribution in [-0.4, -0.2) is 28.8 Å². The molecule has 1 saturated carbocycles. The SMILES string of the molecule is CC(=O)c1cc2c(N3CCC4(CCC4)CC3)c(C)c(=O)[nH]c2cn1. The maximum Gasteiger partial charge on any atom is 0.253 e. The van der Waals surface area contributed by atoms with E-state index in [2.05, 4.69) is 14.9 Å². The van der Waals surface area contributed by atoms with Crippen molar-refractivity contribution in [3.8, 4) is 0 Å². The van der Waals surface area contributed by atoms with E-state index >= 15 is 0 Å². The highest BCUT2D eigenvalue weighted by molar-refractivity contribution is 5.99. The average molecular weight is 325 g/mol. The number of pyridine rings is 2. The van der Waals surface area contributed by atoms with E-state index < -0.39 is 0 Å². The fourth-order valence-corrected chi connectivity index (χ4v) is 4.26. The fourth-order valence-electron chi connectivity index (χ4n) is 4.26. The van der Waals surface area contributed by atoms with Crippen molar-refractivity contribution in [1.29, 1.82) is 0 Å². The molecule has 5 heteroatoms. The van der Waals surface area contributed by atoms with Gasteiger partial charge in [-0.2, -0.15) is 0 Å². The Bertz CT molecular complexity index is 870. The van der Waals surface area contributed by atoms with Gasteiger partial charge in [-0.1, -0.05) is 6.42 Å². The lowest BCUT2D eigenvalue weighted by atomic mass is 9.63. The number of H-pyrrole nitrogens is 1. The number of fused-ring (bicyclic) bond motifs is 1. The minimum atomic E-state index is -0.0706. The molecule has 1 aliphatic heterocycles. The number of ketones is 1. The second-order valence-electron chi connectivity index (χ2n) is 7.44. The van der Waals surface area contributed by atoms with Gasteiger partial charge in [-0.15, -0.1) is 0 Å². The third-order valence-electron chi connectivity index (χ3n) is 6.02. The number of Topliss-reactive ketones (excluding diaryl/α,β-unsaturated/α-hetero) is 1. The van der Waals surface area contributed by atoms with Gasteiger partial charge in [0.15, 0.2) is 5.78 Å². The van der Waals surface area contributed by atoms with Crippen molar-refractivity contribution in [3.63, 3.8) is 0 Å². The highest BCUT2D eigenvalue weighted by Gasteiger charge is 2.40. The topological polar surface area (TPSA) is 66.1 Å². The van der Waals surface area contributed by atoms with Crippen LogP contribution in [0, 0.1) is 12.3 Å². The summed E-state index contributed by atoms with van der Waals surface area (Å²) in [5.41, 5.74) is 3.35. The molecule has 0 unspecified atom stereocenters. The summed E-state index contributed by atoms with van der Waals surface area (Å²) in [6.45, 7) is 5.36. The van der Waals surface area contributed by atoms with E-state index in [1.807, 2.05) is 13.0 Å². The quantitative estimate of drug-likeness (QED) is 0.861. The van der Waals surface area contributed by atoms with Crippen molar-refractivity contribution in [1.82, 2.24) is 9.97 Å². The molecule has 3 heterocycles. The maximum atomic E-state index is 12.3. The van der Waals surface area contributed by atoms with Crippen LogP contribution in [0.25, 0.3) is 10.9 Å². The molecule has 1 spiro atoms. The number of hydrogen-bond acceptors (Lipinski definition) is 4. The number of aromatic amines is 1. The van der Waals surface area contributed by atoms with Gasteiger partial charge in [-0.25, -0.2) is 0 Å². The van der Waals surface area contributed by atoms with Crippen molar-refractivity contribution in [2.24, 2.45) is 5.41 Å². The molecule has 2 aromatic rings. The zero-order valence-corrected chi connectivity index (χ0v) is 14.3. The Morgan fingerprint density at radius 1 is 1.25 bits per heavy atom. The first-order valence-electron chi connectivity index (χ1n) is 8.78. The summed E-state index contributed by atoms with van der Waals surface area (Å²) in [5.74, 6) is -0.0567. The third kappa shape index (κ3) is 2.34. The van der Waals surface area contributed by atoms with E-state index in [-0.39, 0.29) is 11.3 Å². The normalized spacial score (nSPS) is 19.5. The molecular formula is C19H23N3O2. The van der Waals surface area contributed by atoms with Gasteiger partial charge < -0.3 is 9.88 Å². The van der Waals surface area contributed by atoms with Crippen LogP contribution in [0.4, 0.5) is 5.69 Å². The predicted octanol–water partition coefficient (Wildman–Crippen LogP) is 3.20. The third-order valence-corrected chi connectivity index (χ3v) is 6.02. The molecule has 2 fully saturated rings. The van der Waals surface area contributed by atoms with Crippen molar-refractivity contribution in [3.05, 3.63) is 33.9 Å². The molecule has 0 bridgehead atoms. The molecule has 1 saturated heterocycles. The van der Waals surface area contributed by atoms with Gasteiger partial charge >= 0.3 is 0 Å². The summed E-state index contributed by atoms with van der Waals surface area (Å²) in [7, 11) is 0. The highest BCUT2D eigenvalue weighted by atomic mass is 16.1. The Balaban J connectivity index is 1.80. The fraction of sp³-hybridized carbons (Fsp3) is 0.526. The summed E-state index contributed by atoms with van der Waals surface area (Å²) in [4.78, 5) is 33.4. The van der Waals surface area contributed by atoms with E-state index in [1.165, 1.54) is 39.0 Å². The molecule has 0 radical (unpaired) electrons. The van der Waals surface area contributed by atoms with Crippen LogP contribution in [0.1, 0.15) is 55.1 Å². The molecule has 2 aromatic heterocycles. The summed E-state index contributed by atoms with van der Waals surface area (Å²) < 4.78 is 0. The van der Waals surface area contributed by atoms with Crippen LogP contribution in [-0.2, 0) is 0 Å². The first-order chi connectivity index (χ1) is 11.5. The van der Waals surface area contributed by atoms with E-state index in [9.17, 15) is 9.59 Å². The van der Waals surface area contributed by atoms with Crippen LogP contribution in [0.3, 0.4) is 0 Å². The number of nitrogens with zero attached hydrogens (tertiary/aromatic N) is 2. The summed E-state index contributed by atoms with van der Waals surface area (Å²) in [6, 6.07) is 1.82. The molecule has 2 aliphatic rings. The Hall–Kier alpha value is -2.17. The molecule has 1 aliphatic carbocycles. The second kappa shape index (κ2) is 5.43. The number of carbonyl (C=O) groups is 1. The Morgan fingerprint density at radius 3 is 2.54 bits per heavy atom. The van der Waals surface area contributed by atoms with E-state index in [4.69, 9.17) is 0 Å². The lowest BCUT2D eigenvalue weighted by Crippen LogP contribution is -2.44. The molecule has 24 heavy (non-hydrogen) atoms. The molecule has 5 nitrogen and oxygen atoms in total. The molecule has 126 valence electrons. The van der Waals surface area contributed by atoms with Gasteiger partial charge in [0.1, 0.15) is 5.69 Å². The summed E-state index contributed by atoms with van der Waals surface area (Å²) in [6.07, 6.45) is 8.08.